The summed E-state index contributed by atoms with van der Waals surface area (Å²) in [5.74, 6) is 0. The number of halogens is 3. The maximum Gasteiger partial charge on any atom is 0.401 e. The van der Waals surface area contributed by atoms with Crippen molar-refractivity contribution in [2.24, 2.45) is 0 Å². The first-order valence-corrected chi connectivity index (χ1v) is 6.12. The van der Waals surface area contributed by atoms with Crippen LogP contribution in [0.4, 0.5) is 13.2 Å². The molecule has 0 atom stereocenters. The van der Waals surface area contributed by atoms with Crippen LogP contribution in [-0.2, 0) is 4.74 Å². The van der Waals surface area contributed by atoms with E-state index in [1.54, 1.807) is 0 Å². The molecule has 1 aliphatic rings. The molecular formula is C11H21F3N2O. The smallest absolute Gasteiger partial charge is 0.378 e. The molecule has 1 heterocycles. The molecule has 0 bridgehead atoms. The van der Waals surface area contributed by atoms with E-state index in [0.717, 1.165) is 32.5 Å². The highest BCUT2D eigenvalue weighted by Crippen LogP contribution is 2.13. The summed E-state index contributed by atoms with van der Waals surface area (Å²) in [5, 5.41) is 2.41. The average Bonchev–Trinajstić information content (AvgIpc) is 2.26. The van der Waals surface area contributed by atoms with Crippen molar-refractivity contribution >= 4 is 0 Å². The molecule has 6 heteroatoms. The summed E-state index contributed by atoms with van der Waals surface area (Å²) < 4.78 is 41.1. The van der Waals surface area contributed by atoms with Crippen LogP contribution in [0.2, 0.25) is 0 Å². The number of rotatable bonds is 6. The number of alkyl halides is 3. The first kappa shape index (κ1) is 14.7. The topological polar surface area (TPSA) is 24.5 Å². The monoisotopic (exact) mass is 254 g/mol. The number of nitrogens with one attached hydrogen (secondary N) is 1. The molecule has 0 aromatic carbocycles. The van der Waals surface area contributed by atoms with Crippen molar-refractivity contribution in [1.29, 1.82) is 0 Å². The summed E-state index contributed by atoms with van der Waals surface area (Å²) in [5.41, 5.74) is 0. The summed E-state index contributed by atoms with van der Waals surface area (Å²) in [7, 11) is 0. The fourth-order valence-corrected chi connectivity index (χ4v) is 2.00. The first-order chi connectivity index (χ1) is 8.01. The van der Waals surface area contributed by atoms with Crippen LogP contribution in [0.25, 0.3) is 0 Å². The van der Waals surface area contributed by atoms with Crippen molar-refractivity contribution in [3.63, 3.8) is 0 Å². The number of piperidine rings is 1. The average molecular weight is 254 g/mol. The number of hydrogen-bond acceptors (Lipinski definition) is 3. The van der Waals surface area contributed by atoms with Gasteiger partial charge < -0.3 is 15.0 Å². The zero-order valence-corrected chi connectivity index (χ0v) is 10.2. The molecule has 102 valence electrons. The van der Waals surface area contributed by atoms with Gasteiger partial charge in [0.1, 0.15) is 0 Å². The Morgan fingerprint density at radius 2 is 1.94 bits per heavy atom. The zero-order valence-electron chi connectivity index (χ0n) is 10.2. The van der Waals surface area contributed by atoms with Gasteiger partial charge in [-0.05, 0) is 19.8 Å². The number of ether oxygens (including phenoxy) is 1. The quantitative estimate of drug-likeness (QED) is 0.729. The lowest BCUT2D eigenvalue weighted by atomic mass is 10.1. The molecule has 0 unspecified atom stereocenters. The van der Waals surface area contributed by atoms with Gasteiger partial charge in [-0.1, -0.05) is 0 Å². The van der Waals surface area contributed by atoms with Gasteiger partial charge in [0.2, 0.25) is 0 Å². The lowest BCUT2D eigenvalue weighted by Crippen LogP contribution is -2.41. The Bertz CT molecular complexity index is 203. The highest BCUT2D eigenvalue weighted by atomic mass is 19.4. The highest BCUT2D eigenvalue weighted by Gasteiger charge is 2.26. The molecule has 0 radical (unpaired) electrons. The van der Waals surface area contributed by atoms with Crippen LogP contribution in [0.5, 0.6) is 0 Å². The summed E-state index contributed by atoms with van der Waals surface area (Å²) in [6, 6.07) is 0. The second-order valence-electron chi connectivity index (χ2n) is 4.29. The molecule has 3 nitrogen and oxygen atoms in total. The molecule has 0 aliphatic carbocycles. The molecular weight excluding hydrogens is 233 g/mol. The minimum Gasteiger partial charge on any atom is -0.378 e. The largest absolute Gasteiger partial charge is 0.401 e. The van der Waals surface area contributed by atoms with Gasteiger partial charge in [-0.2, -0.15) is 13.2 Å². The van der Waals surface area contributed by atoms with E-state index in [4.69, 9.17) is 4.74 Å². The zero-order chi connectivity index (χ0) is 12.7. The Morgan fingerprint density at radius 3 is 2.47 bits per heavy atom. The van der Waals surface area contributed by atoms with E-state index in [9.17, 15) is 13.2 Å². The van der Waals surface area contributed by atoms with E-state index < -0.39 is 12.7 Å². The van der Waals surface area contributed by atoms with Gasteiger partial charge in [-0.25, -0.2) is 0 Å². The van der Waals surface area contributed by atoms with E-state index in [1.807, 2.05) is 6.92 Å². The molecule has 1 saturated heterocycles. The fourth-order valence-electron chi connectivity index (χ4n) is 2.00. The van der Waals surface area contributed by atoms with Crippen molar-refractivity contribution in [3.05, 3.63) is 0 Å². The summed E-state index contributed by atoms with van der Waals surface area (Å²) in [6.07, 6.45) is -1.82. The minimum absolute atomic E-state index is 0.333. The van der Waals surface area contributed by atoms with Crippen LogP contribution in [0.1, 0.15) is 19.8 Å². The van der Waals surface area contributed by atoms with Crippen molar-refractivity contribution in [2.75, 3.05) is 39.3 Å². The Kier molecular flexibility index (Phi) is 6.22. The predicted molar refractivity (Wildman–Crippen MR) is 60.0 cm³/mol. The molecule has 0 amide bonds. The predicted octanol–water partition coefficient (Wildman–Crippen LogP) is 1.64. The van der Waals surface area contributed by atoms with E-state index in [2.05, 4.69) is 10.2 Å². The van der Waals surface area contributed by atoms with Crippen LogP contribution in [0, 0.1) is 0 Å². The fraction of sp³-hybridized carbons (Fsp3) is 1.00. The minimum atomic E-state index is -4.11. The third kappa shape index (κ3) is 6.85. The van der Waals surface area contributed by atoms with Crippen LogP contribution in [0.3, 0.4) is 0 Å². The van der Waals surface area contributed by atoms with Crippen molar-refractivity contribution in [1.82, 2.24) is 10.2 Å². The molecule has 1 N–H and O–H groups in total. The summed E-state index contributed by atoms with van der Waals surface area (Å²) in [4.78, 5) is 2.18. The van der Waals surface area contributed by atoms with Crippen molar-refractivity contribution < 1.29 is 17.9 Å². The molecule has 17 heavy (non-hydrogen) atoms. The normalized spacial score (nSPS) is 19.8. The third-order valence-electron chi connectivity index (χ3n) is 2.87. The second kappa shape index (κ2) is 7.18. The molecule has 0 aromatic rings. The lowest BCUT2D eigenvalue weighted by Gasteiger charge is -2.31. The van der Waals surface area contributed by atoms with E-state index >= 15 is 0 Å². The molecule has 1 rings (SSSR count). The van der Waals surface area contributed by atoms with E-state index in [0.29, 0.717) is 19.2 Å². The summed E-state index contributed by atoms with van der Waals surface area (Å²) in [6.45, 7) is 4.71. The Balaban J connectivity index is 2.02. The molecule has 1 fully saturated rings. The van der Waals surface area contributed by atoms with Gasteiger partial charge in [0.25, 0.3) is 0 Å². The summed E-state index contributed by atoms with van der Waals surface area (Å²) >= 11 is 0. The van der Waals surface area contributed by atoms with E-state index in [1.165, 1.54) is 0 Å². The van der Waals surface area contributed by atoms with Gasteiger partial charge in [0, 0.05) is 32.8 Å². The van der Waals surface area contributed by atoms with Crippen molar-refractivity contribution in [3.8, 4) is 0 Å². The maximum absolute atomic E-state index is 11.9. The second-order valence-corrected chi connectivity index (χ2v) is 4.29. The Morgan fingerprint density at radius 1 is 1.29 bits per heavy atom. The van der Waals surface area contributed by atoms with Gasteiger partial charge in [0.05, 0.1) is 12.6 Å². The Hall–Kier alpha value is -0.330. The van der Waals surface area contributed by atoms with Crippen LogP contribution < -0.4 is 5.32 Å². The molecule has 0 spiro atoms. The van der Waals surface area contributed by atoms with Gasteiger partial charge in [0.15, 0.2) is 0 Å². The molecule has 0 saturated carbocycles. The number of likely N-dealkylation sites (tertiary alicyclic amines) is 1. The number of hydrogen-bond donors (Lipinski definition) is 1. The Labute approximate surface area is 100 Å². The van der Waals surface area contributed by atoms with Gasteiger partial charge in [-0.15, -0.1) is 0 Å². The lowest BCUT2D eigenvalue weighted by molar-refractivity contribution is -0.124. The SMILES string of the molecule is CCOC1CCN(CCNCC(F)(F)F)CC1. The highest BCUT2D eigenvalue weighted by molar-refractivity contribution is 4.73. The van der Waals surface area contributed by atoms with Crippen LogP contribution in [-0.4, -0.2) is 56.5 Å². The van der Waals surface area contributed by atoms with Crippen LogP contribution in [0.15, 0.2) is 0 Å². The maximum atomic E-state index is 11.9. The van der Waals surface area contributed by atoms with Gasteiger partial charge >= 0.3 is 6.18 Å². The first-order valence-electron chi connectivity index (χ1n) is 6.12. The van der Waals surface area contributed by atoms with Gasteiger partial charge in [-0.3, -0.25) is 0 Å². The third-order valence-corrected chi connectivity index (χ3v) is 2.87. The van der Waals surface area contributed by atoms with E-state index in [-0.39, 0.29) is 0 Å². The van der Waals surface area contributed by atoms with Crippen molar-refractivity contribution in [2.45, 2.75) is 32.0 Å². The molecule has 1 aliphatic heterocycles. The standard InChI is InChI=1S/C11H21F3N2O/c1-2-17-10-3-6-16(7-4-10)8-5-15-9-11(12,13)14/h10,15H,2-9H2,1H3. The number of nitrogens with zero attached hydrogens (tertiary/aromatic N) is 1. The molecule has 0 aromatic heterocycles. The van der Waals surface area contributed by atoms with Crippen LogP contribution >= 0.6 is 0 Å².